The lowest BCUT2D eigenvalue weighted by Gasteiger charge is -2.16. The largest absolute Gasteiger partial charge is 0.497 e. The van der Waals surface area contributed by atoms with Gasteiger partial charge in [0.2, 0.25) is 0 Å². The molecule has 4 aromatic rings. The van der Waals surface area contributed by atoms with Crippen LogP contribution in [0.2, 0.25) is 0 Å². The van der Waals surface area contributed by atoms with Crippen molar-refractivity contribution in [2.75, 3.05) is 12.5 Å². The molecule has 0 atom stereocenters. The lowest BCUT2D eigenvalue weighted by atomic mass is 10.2. The summed E-state index contributed by atoms with van der Waals surface area (Å²) in [5.74, 6) is 1.31. The first-order valence-electron chi connectivity index (χ1n) is 8.80. The van der Waals surface area contributed by atoms with Crippen LogP contribution in [-0.4, -0.2) is 16.8 Å². The highest BCUT2D eigenvalue weighted by Gasteiger charge is 2.13. The quantitative estimate of drug-likeness (QED) is 0.498. The van der Waals surface area contributed by atoms with Gasteiger partial charge in [-0.25, -0.2) is 9.66 Å². The number of ether oxygens (including phenoxy) is 1. The van der Waals surface area contributed by atoms with Crippen LogP contribution >= 0.6 is 15.9 Å². The molecular weight excluding hydrogens is 418 g/mol. The fourth-order valence-electron chi connectivity index (χ4n) is 2.99. The average Bonchev–Trinajstić information content (AvgIpc) is 2.74. The number of halogens is 1. The number of hydrogen-bond donors (Lipinski definition) is 1. The molecule has 6 heteroatoms. The van der Waals surface area contributed by atoms with Crippen LogP contribution in [0, 0.1) is 0 Å². The smallest absolute Gasteiger partial charge is 0.280 e. The molecule has 3 aromatic carbocycles. The maximum Gasteiger partial charge on any atom is 0.280 e. The van der Waals surface area contributed by atoms with Gasteiger partial charge in [-0.15, -0.1) is 0 Å². The Balaban J connectivity index is 1.80. The lowest BCUT2D eigenvalue weighted by molar-refractivity contribution is 0.415. The molecule has 0 aliphatic heterocycles. The van der Waals surface area contributed by atoms with Crippen LogP contribution in [0.3, 0.4) is 0 Å². The minimum Gasteiger partial charge on any atom is -0.497 e. The van der Waals surface area contributed by atoms with E-state index in [-0.39, 0.29) is 5.56 Å². The molecule has 0 aliphatic carbocycles. The zero-order chi connectivity index (χ0) is 19.5. The van der Waals surface area contributed by atoms with E-state index in [4.69, 9.17) is 9.72 Å². The minimum atomic E-state index is -0.131. The van der Waals surface area contributed by atoms with Crippen molar-refractivity contribution in [2.24, 2.45) is 0 Å². The van der Waals surface area contributed by atoms with Gasteiger partial charge in [0.1, 0.15) is 5.75 Å². The normalized spacial score (nSPS) is 10.8. The highest BCUT2D eigenvalue weighted by Crippen LogP contribution is 2.21. The summed E-state index contributed by atoms with van der Waals surface area (Å²) in [6.07, 6.45) is 0. The Kier molecular flexibility index (Phi) is 5.12. The molecule has 0 unspecified atom stereocenters. The number of para-hydroxylation sites is 1. The summed E-state index contributed by atoms with van der Waals surface area (Å²) in [6.45, 7) is 0.496. The van der Waals surface area contributed by atoms with E-state index in [2.05, 4.69) is 21.4 Å². The van der Waals surface area contributed by atoms with Crippen molar-refractivity contribution >= 4 is 26.8 Å². The number of rotatable bonds is 5. The van der Waals surface area contributed by atoms with Gasteiger partial charge in [0.25, 0.3) is 5.56 Å². The van der Waals surface area contributed by atoms with E-state index < -0.39 is 0 Å². The van der Waals surface area contributed by atoms with Gasteiger partial charge in [-0.05, 0) is 54.1 Å². The molecule has 1 aromatic heterocycles. The number of fused-ring (bicyclic) bond motifs is 1. The molecule has 1 N–H and O–H groups in total. The van der Waals surface area contributed by atoms with Gasteiger partial charge in [-0.3, -0.25) is 4.79 Å². The van der Waals surface area contributed by atoms with Crippen molar-refractivity contribution in [3.8, 4) is 17.1 Å². The van der Waals surface area contributed by atoms with Crippen molar-refractivity contribution in [1.82, 2.24) is 9.66 Å². The van der Waals surface area contributed by atoms with Crippen LogP contribution in [0.15, 0.2) is 82.1 Å². The van der Waals surface area contributed by atoms with Crippen LogP contribution in [0.5, 0.6) is 5.75 Å². The molecule has 1 heterocycles. The average molecular weight is 436 g/mol. The Morgan fingerprint density at radius 1 is 1.00 bits per heavy atom. The first kappa shape index (κ1) is 18.3. The van der Waals surface area contributed by atoms with E-state index in [9.17, 15) is 4.79 Å². The van der Waals surface area contributed by atoms with Gasteiger partial charge >= 0.3 is 0 Å². The van der Waals surface area contributed by atoms with Gasteiger partial charge in [0, 0.05) is 10.0 Å². The fraction of sp³-hybridized carbons (Fsp3) is 0.0909. The predicted molar refractivity (Wildman–Crippen MR) is 115 cm³/mol. The van der Waals surface area contributed by atoms with Crippen LogP contribution in [-0.2, 0) is 6.54 Å². The second-order valence-corrected chi connectivity index (χ2v) is 7.20. The molecule has 140 valence electrons. The van der Waals surface area contributed by atoms with Crippen molar-refractivity contribution in [2.45, 2.75) is 6.54 Å². The summed E-state index contributed by atoms with van der Waals surface area (Å²) in [5, 5.41) is 0.572. The lowest BCUT2D eigenvalue weighted by Crippen LogP contribution is -2.31. The van der Waals surface area contributed by atoms with Crippen molar-refractivity contribution in [3.05, 3.63) is 93.2 Å². The Bertz CT molecular complexity index is 1170. The Morgan fingerprint density at radius 3 is 2.43 bits per heavy atom. The summed E-state index contributed by atoms with van der Waals surface area (Å²) in [4.78, 5) is 17.9. The Hall–Kier alpha value is -3.12. The summed E-state index contributed by atoms with van der Waals surface area (Å²) >= 11 is 3.44. The van der Waals surface area contributed by atoms with E-state index in [1.54, 1.807) is 13.2 Å². The van der Waals surface area contributed by atoms with Crippen molar-refractivity contribution in [1.29, 1.82) is 0 Å². The molecule has 0 aliphatic rings. The van der Waals surface area contributed by atoms with E-state index in [0.717, 1.165) is 21.3 Å². The summed E-state index contributed by atoms with van der Waals surface area (Å²) in [6, 6.07) is 22.8. The second-order valence-electron chi connectivity index (χ2n) is 6.28. The summed E-state index contributed by atoms with van der Waals surface area (Å²) in [5.41, 5.74) is 5.65. The van der Waals surface area contributed by atoms with E-state index in [1.807, 2.05) is 66.7 Å². The van der Waals surface area contributed by atoms with Gasteiger partial charge in [0.05, 0.1) is 24.6 Å². The molecule has 0 amide bonds. The van der Waals surface area contributed by atoms with E-state index in [1.165, 1.54) is 4.68 Å². The zero-order valence-corrected chi connectivity index (χ0v) is 16.8. The third-order valence-corrected chi connectivity index (χ3v) is 5.01. The molecule has 0 bridgehead atoms. The first-order chi connectivity index (χ1) is 13.7. The summed E-state index contributed by atoms with van der Waals surface area (Å²) < 4.78 is 7.77. The Morgan fingerprint density at radius 2 is 1.71 bits per heavy atom. The van der Waals surface area contributed by atoms with Crippen molar-refractivity contribution in [3.63, 3.8) is 0 Å². The van der Waals surface area contributed by atoms with E-state index in [0.29, 0.717) is 23.3 Å². The standard InChI is InChI=1S/C22H18BrN3O2/c1-28-18-12-8-16(9-13-18)21-25-20-5-3-2-4-19(20)22(27)26(21)24-14-15-6-10-17(23)11-7-15/h2-13,24H,14H2,1H3. The fourth-order valence-corrected chi connectivity index (χ4v) is 3.25. The number of nitrogens with zero attached hydrogens (tertiary/aromatic N) is 2. The highest BCUT2D eigenvalue weighted by molar-refractivity contribution is 9.10. The Labute approximate surface area is 170 Å². The van der Waals surface area contributed by atoms with Crippen LogP contribution in [0.4, 0.5) is 0 Å². The number of hydrogen-bond acceptors (Lipinski definition) is 4. The zero-order valence-electron chi connectivity index (χ0n) is 15.2. The number of nitrogens with one attached hydrogen (secondary N) is 1. The topological polar surface area (TPSA) is 56.1 Å². The third kappa shape index (κ3) is 3.64. The number of aromatic nitrogens is 2. The molecule has 5 nitrogen and oxygen atoms in total. The van der Waals surface area contributed by atoms with E-state index >= 15 is 0 Å². The molecule has 0 spiro atoms. The molecule has 0 saturated carbocycles. The van der Waals surface area contributed by atoms with Gasteiger partial charge < -0.3 is 10.2 Å². The third-order valence-electron chi connectivity index (χ3n) is 4.48. The maximum atomic E-state index is 13.1. The van der Waals surface area contributed by atoms with Gasteiger partial charge in [0.15, 0.2) is 5.82 Å². The second kappa shape index (κ2) is 7.86. The number of methoxy groups -OCH3 is 1. The highest BCUT2D eigenvalue weighted by atomic mass is 79.9. The first-order valence-corrected chi connectivity index (χ1v) is 9.59. The van der Waals surface area contributed by atoms with Gasteiger partial charge in [-0.2, -0.15) is 0 Å². The van der Waals surface area contributed by atoms with Crippen LogP contribution in [0.1, 0.15) is 5.56 Å². The van der Waals surface area contributed by atoms with Crippen molar-refractivity contribution < 1.29 is 4.74 Å². The number of benzene rings is 3. The SMILES string of the molecule is COc1ccc(-c2nc3ccccc3c(=O)n2NCc2ccc(Br)cc2)cc1. The van der Waals surface area contributed by atoms with Crippen LogP contribution in [0.25, 0.3) is 22.3 Å². The molecule has 4 rings (SSSR count). The molecule has 0 fully saturated rings. The summed E-state index contributed by atoms with van der Waals surface area (Å²) in [7, 11) is 1.62. The van der Waals surface area contributed by atoms with Gasteiger partial charge in [-0.1, -0.05) is 40.2 Å². The molecule has 28 heavy (non-hydrogen) atoms. The maximum absolute atomic E-state index is 13.1. The monoisotopic (exact) mass is 435 g/mol. The molecular formula is C22H18BrN3O2. The molecule has 0 radical (unpaired) electrons. The predicted octanol–water partition coefficient (Wildman–Crippen LogP) is 4.58. The van der Waals surface area contributed by atoms with Crippen LogP contribution < -0.4 is 15.7 Å². The molecule has 0 saturated heterocycles. The minimum absolute atomic E-state index is 0.131.